The molecular weight excluding hydrogens is 456 g/mol. The fraction of sp³-hybridized carbons (Fsp3) is 0.444. The van der Waals surface area contributed by atoms with Gasteiger partial charge in [-0.15, -0.1) is 0 Å². The Labute approximate surface area is 204 Å². The summed E-state index contributed by atoms with van der Waals surface area (Å²) < 4.78 is 26.9. The third-order valence-electron chi connectivity index (χ3n) is 6.67. The molecule has 0 unspecified atom stereocenters. The molecule has 0 saturated carbocycles. The Hall–Kier alpha value is -2.54. The van der Waals surface area contributed by atoms with Crippen LogP contribution in [-0.2, 0) is 14.4 Å². The monoisotopic (exact) mass is 487 g/mol. The molecule has 1 fully saturated rings. The molecule has 1 heterocycles. The van der Waals surface area contributed by atoms with E-state index in [9.17, 15) is 23.2 Å². The smallest absolute Gasteiger partial charge is 0.291 e. The van der Waals surface area contributed by atoms with Gasteiger partial charge in [0.1, 0.15) is 17.7 Å². The first kappa shape index (κ1) is 26.1. The van der Waals surface area contributed by atoms with Crippen LogP contribution in [-0.4, -0.2) is 40.0 Å². The van der Waals surface area contributed by atoms with Crippen LogP contribution < -0.4 is 0 Å². The van der Waals surface area contributed by atoms with Gasteiger partial charge in [-0.05, 0) is 61.1 Å². The van der Waals surface area contributed by atoms with Crippen molar-refractivity contribution < 1.29 is 23.2 Å². The molecule has 1 aliphatic heterocycles. The summed E-state index contributed by atoms with van der Waals surface area (Å²) in [5.74, 6) is -1.35. The fourth-order valence-electron chi connectivity index (χ4n) is 4.12. The third kappa shape index (κ3) is 6.12. The summed E-state index contributed by atoms with van der Waals surface area (Å²) in [5, 5.41) is -0.120. The van der Waals surface area contributed by atoms with Crippen molar-refractivity contribution in [3.05, 3.63) is 71.3 Å². The molecule has 1 saturated heterocycles. The standard InChI is InChI=1S/C27H31F2NO3S/c1-4-27(2,3)24(31)25(32)30-16-5-6-23(30)26(33)34-17-15-22(18-7-11-20(28)12-8-18)19-9-13-21(29)14-10-19/h7-14,22-23H,4-6,15-17H2,1-3H3/t23-/m0/s1. The number of hydrogen-bond donors (Lipinski definition) is 0. The Kier molecular flexibility index (Phi) is 8.63. The second kappa shape index (κ2) is 11.3. The van der Waals surface area contributed by atoms with Crippen LogP contribution in [0.3, 0.4) is 0 Å². The molecule has 182 valence electrons. The van der Waals surface area contributed by atoms with Crippen LogP contribution in [0.1, 0.15) is 63.5 Å². The molecule has 0 radical (unpaired) electrons. The lowest BCUT2D eigenvalue weighted by atomic mass is 9.84. The minimum Gasteiger partial charge on any atom is -0.325 e. The van der Waals surface area contributed by atoms with Crippen LogP contribution in [0.4, 0.5) is 8.78 Å². The molecule has 0 spiro atoms. The number of nitrogens with zero attached hydrogens (tertiary/aromatic N) is 1. The lowest BCUT2D eigenvalue weighted by molar-refractivity contribution is -0.150. The molecule has 0 N–H and O–H groups in total. The lowest BCUT2D eigenvalue weighted by Crippen LogP contribution is -2.47. The highest BCUT2D eigenvalue weighted by atomic mass is 32.2. The second-order valence-electron chi connectivity index (χ2n) is 9.33. The molecular formula is C27H31F2NO3S. The minimum absolute atomic E-state index is 0.120. The van der Waals surface area contributed by atoms with Gasteiger partial charge in [0.25, 0.3) is 5.91 Å². The first-order chi connectivity index (χ1) is 16.1. The van der Waals surface area contributed by atoms with Gasteiger partial charge in [-0.25, -0.2) is 8.78 Å². The summed E-state index contributed by atoms with van der Waals surface area (Å²) in [6, 6.07) is 11.8. The number of amides is 1. The SMILES string of the molecule is CCC(C)(C)C(=O)C(=O)N1CCC[C@H]1C(=O)SCCC(c1ccc(F)cc1)c1ccc(F)cc1. The van der Waals surface area contributed by atoms with E-state index in [1.807, 2.05) is 6.92 Å². The Morgan fingerprint density at radius 1 is 1.00 bits per heavy atom. The molecule has 0 bridgehead atoms. The van der Waals surface area contributed by atoms with E-state index in [1.165, 1.54) is 29.2 Å². The van der Waals surface area contributed by atoms with E-state index in [0.29, 0.717) is 38.0 Å². The predicted octanol–water partition coefficient (Wildman–Crippen LogP) is 5.74. The highest BCUT2D eigenvalue weighted by molar-refractivity contribution is 8.13. The van der Waals surface area contributed by atoms with Gasteiger partial charge in [0.2, 0.25) is 10.9 Å². The first-order valence-electron chi connectivity index (χ1n) is 11.7. The van der Waals surface area contributed by atoms with Gasteiger partial charge >= 0.3 is 0 Å². The largest absolute Gasteiger partial charge is 0.325 e. The number of rotatable bonds is 9. The van der Waals surface area contributed by atoms with Gasteiger partial charge in [0.15, 0.2) is 0 Å². The Balaban J connectivity index is 1.67. The quantitative estimate of drug-likeness (QED) is 0.423. The highest BCUT2D eigenvalue weighted by Crippen LogP contribution is 2.32. The van der Waals surface area contributed by atoms with Crippen LogP contribution in [0, 0.1) is 17.0 Å². The van der Waals surface area contributed by atoms with Crippen LogP contribution in [0.15, 0.2) is 48.5 Å². The fourth-order valence-corrected chi connectivity index (χ4v) is 5.12. The van der Waals surface area contributed by atoms with Gasteiger partial charge in [-0.3, -0.25) is 14.4 Å². The van der Waals surface area contributed by atoms with Crippen molar-refractivity contribution in [1.29, 1.82) is 0 Å². The number of benzene rings is 2. The molecule has 2 aromatic rings. The van der Waals surface area contributed by atoms with Gasteiger partial charge < -0.3 is 4.90 Å². The van der Waals surface area contributed by atoms with E-state index in [4.69, 9.17) is 0 Å². The second-order valence-corrected chi connectivity index (χ2v) is 10.4. The molecule has 1 amide bonds. The first-order valence-corrected chi connectivity index (χ1v) is 12.7. The molecule has 7 heteroatoms. The summed E-state index contributed by atoms with van der Waals surface area (Å²) in [6.07, 6.45) is 2.37. The van der Waals surface area contributed by atoms with E-state index in [0.717, 1.165) is 22.9 Å². The summed E-state index contributed by atoms with van der Waals surface area (Å²) in [4.78, 5) is 39.9. The molecule has 1 atom stereocenters. The Bertz CT molecular complexity index is 976. The van der Waals surface area contributed by atoms with Crippen molar-refractivity contribution in [2.45, 2.75) is 58.4 Å². The van der Waals surface area contributed by atoms with Gasteiger partial charge in [0.05, 0.1) is 0 Å². The Morgan fingerprint density at radius 3 is 2.03 bits per heavy atom. The molecule has 34 heavy (non-hydrogen) atoms. The van der Waals surface area contributed by atoms with Crippen LogP contribution in [0.25, 0.3) is 0 Å². The van der Waals surface area contributed by atoms with Crippen molar-refractivity contribution in [3.63, 3.8) is 0 Å². The number of hydrogen-bond acceptors (Lipinski definition) is 4. The van der Waals surface area contributed by atoms with E-state index in [2.05, 4.69) is 0 Å². The van der Waals surface area contributed by atoms with Crippen molar-refractivity contribution in [2.24, 2.45) is 5.41 Å². The third-order valence-corrected chi connectivity index (χ3v) is 7.67. The average molecular weight is 488 g/mol. The van der Waals surface area contributed by atoms with E-state index >= 15 is 0 Å². The van der Waals surface area contributed by atoms with Crippen molar-refractivity contribution in [2.75, 3.05) is 12.3 Å². The average Bonchev–Trinajstić information content (AvgIpc) is 3.32. The maximum absolute atomic E-state index is 13.4. The Morgan fingerprint density at radius 2 is 1.53 bits per heavy atom. The zero-order chi connectivity index (χ0) is 24.9. The van der Waals surface area contributed by atoms with Crippen LogP contribution in [0.5, 0.6) is 0 Å². The number of carbonyl (C=O) groups excluding carboxylic acids is 3. The summed E-state index contributed by atoms with van der Waals surface area (Å²) in [6.45, 7) is 5.78. The normalized spacial score (nSPS) is 16.2. The zero-order valence-corrected chi connectivity index (χ0v) is 20.7. The van der Waals surface area contributed by atoms with Crippen LogP contribution in [0.2, 0.25) is 0 Å². The van der Waals surface area contributed by atoms with Gasteiger partial charge in [-0.2, -0.15) is 0 Å². The molecule has 3 rings (SSSR count). The number of Topliss-reactive ketones (excluding diaryl/α,β-unsaturated/α-hetero) is 1. The lowest BCUT2D eigenvalue weighted by Gasteiger charge is -2.27. The summed E-state index contributed by atoms with van der Waals surface area (Å²) >= 11 is 1.15. The topological polar surface area (TPSA) is 54.5 Å². The maximum Gasteiger partial charge on any atom is 0.291 e. The summed E-state index contributed by atoms with van der Waals surface area (Å²) in [5.41, 5.74) is 1.01. The van der Waals surface area contributed by atoms with E-state index in [-0.39, 0.29) is 22.7 Å². The van der Waals surface area contributed by atoms with Crippen molar-refractivity contribution >= 4 is 28.6 Å². The number of ketones is 1. The van der Waals surface area contributed by atoms with Gasteiger partial charge in [-0.1, -0.05) is 56.8 Å². The zero-order valence-electron chi connectivity index (χ0n) is 19.9. The maximum atomic E-state index is 13.4. The van der Waals surface area contributed by atoms with Crippen molar-refractivity contribution in [1.82, 2.24) is 4.90 Å². The molecule has 2 aromatic carbocycles. The highest BCUT2D eigenvalue weighted by Gasteiger charge is 2.41. The number of halogens is 2. The summed E-state index contributed by atoms with van der Waals surface area (Å²) in [7, 11) is 0. The van der Waals surface area contributed by atoms with Crippen LogP contribution >= 0.6 is 11.8 Å². The minimum atomic E-state index is -0.752. The molecule has 0 aromatic heterocycles. The predicted molar refractivity (Wildman–Crippen MR) is 131 cm³/mol. The van der Waals surface area contributed by atoms with E-state index in [1.54, 1.807) is 38.1 Å². The number of carbonyl (C=O) groups is 3. The van der Waals surface area contributed by atoms with Crippen molar-refractivity contribution in [3.8, 4) is 0 Å². The molecule has 0 aliphatic carbocycles. The van der Waals surface area contributed by atoms with Gasteiger partial charge in [0, 0.05) is 23.6 Å². The molecule has 1 aliphatic rings. The number of thioether (sulfide) groups is 1. The van der Waals surface area contributed by atoms with E-state index < -0.39 is 23.1 Å². The number of likely N-dealkylation sites (tertiary alicyclic amines) is 1. The molecule has 4 nitrogen and oxygen atoms in total.